The van der Waals surface area contributed by atoms with E-state index in [-0.39, 0.29) is 5.91 Å². The minimum atomic E-state index is 0.221. The van der Waals surface area contributed by atoms with E-state index < -0.39 is 0 Å². The maximum absolute atomic E-state index is 13.3. The number of hydrogen-bond donors (Lipinski definition) is 0. The summed E-state index contributed by atoms with van der Waals surface area (Å²) >= 11 is 0. The zero-order valence-corrected chi connectivity index (χ0v) is 18.1. The zero-order chi connectivity index (χ0) is 20.7. The number of benzene rings is 2. The highest BCUT2D eigenvalue weighted by Gasteiger charge is 2.45. The van der Waals surface area contributed by atoms with Crippen LogP contribution in [0.5, 0.6) is 5.75 Å². The number of fused-ring (bicyclic) bond motifs is 4. The third kappa shape index (κ3) is 3.51. The van der Waals surface area contributed by atoms with Gasteiger partial charge < -0.3 is 9.64 Å². The van der Waals surface area contributed by atoms with E-state index in [9.17, 15) is 4.79 Å². The third-order valence-corrected chi connectivity index (χ3v) is 7.55. The molecule has 3 aliphatic rings. The number of nitrogens with zero attached hydrogens (tertiary/aromatic N) is 2. The van der Waals surface area contributed by atoms with E-state index in [2.05, 4.69) is 34.1 Å². The summed E-state index contributed by atoms with van der Waals surface area (Å²) in [6.45, 7) is 4.94. The van der Waals surface area contributed by atoms with Crippen LogP contribution in [0.4, 0.5) is 0 Å². The Labute approximate surface area is 179 Å². The summed E-state index contributed by atoms with van der Waals surface area (Å²) in [4.78, 5) is 18.2. The van der Waals surface area contributed by atoms with Gasteiger partial charge in [0.1, 0.15) is 5.75 Å². The number of aryl methyl sites for hydroxylation is 1. The molecule has 2 bridgehead atoms. The van der Waals surface area contributed by atoms with E-state index in [4.69, 9.17) is 4.74 Å². The maximum Gasteiger partial charge on any atom is 0.254 e. The second-order valence-corrected chi connectivity index (χ2v) is 9.37. The molecule has 4 atom stereocenters. The molecule has 0 aliphatic carbocycles. The molecule has 1 amide bonds. The minimum absolute atomic E-state index is 0.221. The summed E-state index contributed by atoms with van der Waals surface area (Å²) in [5.74, 6) is 2.31. The lowest BCUT2D eigenvalue weighted by atomic mass is 9.73. The predicted molar refractivity (Wildman–Crippen MR) is 119 cm³/mol. The molecular formula is C26H32N2O2. The quantitative estimate of drug-likeness (QED) is 0.744. The largest absolute Gasteiger partial charge is 0.497 e. The molecule has 2 aromatic rings. The van der Waals surface area contributed by atoms with Crippen LogP contribution in [0.2, 0.25) is 0 Å². The highest BCUT2D eigenvalue weighted by Crippen LogP contribution is 2.44. The van der Waals surface area contributed by atoms with Crippen molar-refractivity contribution in [3.8, 4) is 5.75 Å². The van der Waals surface area contributed by atoms with Crippen LogP contribution in [0.3, 0.4) is 0 Å². The fourth-order valence-corrected chi connectivity index (χ4v) is 6.14. The van der Waals surface area contributed by atoms with Crippen molar-refractivity contribution in [1.29, 1.82) is 0 Å². The van der Waals surface area contributed by atoms with Crippen LogP contribution in [-0.2, 0) is 0 Å². The summed E-state index contributed by atoms with van der Waals surface area (Å²) in [6.07, 6.45) is 5.03. The molecule has 0 N–H and O–H groups in total. The van der Waals surface area contributed by atoms with Gasteiger partial charge in [-0.05, 0) is 73.8 Å². The zero-order valence-electron chi connectivity index (χ0n) is 18.1. The van der Waals surface area contributed by atoms with E-state index in [1.807, 2.05) is 31.2 Å². The first kappa shape index (κ1) is 19.6. The Morgan fingerprint density at radius 1 is 1.00 bits per heavy atom. The Morgan fingerprint density at radius 3 is 2.57 bits per heavy atom. The van der Waals surface area contributed by atoms with Gasteiger partial charge in [-0.25, -0.2) is 0 Å². The van der Waals surface area contributed by atoms with Crippen LogP contribution in [0.25, 0.3) is 0 Å². The number of carbonyl (C=O) groups excluding carboxylic acids is 1. The molecule has 3 heterocycles. The number of piperidine rings is 3. The van der Waals surface area contributed by atoms with Crippen LogP contribution in [0.15, 0.2) is 48.5 Å². The topological polar surface area (TPSA) is 32.8 Å². The Morgan fingerprint density at radius 2 is 1.80 bits per heavy atom. The molecule has 3 fully saturated rings. The van der Waals surface area contributed by atoms with Gasteiger partial charge in [0.2, 0.25) is 0 Å². The first-order valence-electron chi connectivity index (χ1n) is 11.4. The highest BCUT2D eigenvalue weighted by molar-refractivity contribution is 5.95. The lowest BCUT2D eigenvalue weighted by Crippen LogP contribution is -2.60. The van der Waals surface area contributed by atoms with Gasteiger partial charge in [-0.1, -0.05) is 30.3 Å². The number of methoxy groups -OCH3 is 1. The highest BCUT2D eigenvalue weighted by atomic mass is 16.5. The monoisotopic (exact) mass is 404 g/mol. The third-order valence-electron chi connectivity index (χ3n) is 7.55. The van der Waals surface area contributed by atoms with Crippen molar-refractivity contribution in [2.75, 3.05) is 26.7 Å². The smallest absolute Gasteiger partial charge is 0.254 e. The molecule has 0 unspecified atom stereocenters. The van der Waals surface area contributed by atoms with Crippen LogP contribution in [0, 0.1) is 18.8 Å². The molecule has 4 heteroatoms. The summed E-state index contributed by atoms with van der Waals surface area (Å²) in [5.41, 5.74) is 3.36. The van der Waals surface area contributed by atoms with Crippen molar-refractivity contribution in [2.24, 2.45) is 11.8 Å². The van der Waals surface area contributed by atoms with Crippen LogP contribution < -0.4 is 4.74 Å². The van der Waals surface area contributed by atoms with Crippen molar-refractivity contribution in [2.45, 2.75) is 44.7 Å². The fourth-order valence-electron chi connectivity index (χ4n) is 6.14. The van der Waals surface area contributed by atoms with E-state index in [0.29, 0.717) is 23.9 Å². The molecule has 0 radical (unpaired) electrons. The molecule has 5 rings (SSSR count). The molecule has 30 heavy (non-hydrogen) atoms. The Hall–Kier alpha value is -2.33. The molecule has 3 saturated heterocycles. The first-order chi connectivity index (χ1) is 14.6. The van der Waals surface area contributed by atoms with Crippen molar-refractivity contribution in [1.82, 2.24) is 9.80 Å². The normalized spacial score (nSPS) is 28.7. The number of likely N-dealkylation sites (tertiary alicyclic amines) is 1. The Bertz CT molecular complexity index is 910. The number of hydrogen-bond acceptors (Lipinski definition) is 3. The summed E-state index contributed by atoms with van der Waals surface area (Å²) < 4.78 is 5.35. The molecule has 0 spiro atoms. The van der Waals surface area contributed by atoms with Crippen molar-refractivity contribution >= 4 is 5.91 Å². The standard InChI is InChI=1S/C26H32N2O2/c1-18-6-3-4-7-23(18)26(29)27-15-19-14-21(17-27)25-9-5-8-24(28(25)16-19)20-10-12-22(30-2)13-11-20/h3-4,6-7,10-13,19,21,24-25H,5,8-9,14-17H2,1-2H3/t19-,21+,24+,25-/m0/s1. The van der Waals surface area contributed by atoms with Gasteiger partial charge in [-0.2, -0.15) is 0 Å². The second-order valence-electron chi connectivity index (χ2n) is 9.37. The van der Waals surface area contributed by atoms with Crippen molar-refractivity contribution in [3.63, 3.8) is 0 Å². The first-order valence-corrected chi connectivity index (χ1v) is 11.4. The van der Waals surface area contributed by atoms with Crippen LogP contribution in [0.1, 0.15) is 53.2 Å². The summed E-state index contributed by atoms with van der Waals surface area (Å²) in [7, 11) is 1.72. The lowest BCUT2D eigenvalue weighted by molar-refractivity contribution is -0.0511. The van der Waals surface area contributed by atoms with Gasteiger partial charge in [0.15, 0.2) is 0 Å². The van der Waals surface area contributed by atoms with Crippen LogP contribution >= 0.6 is 0 Å². The molecule has 158 valence electrons. The van der Waals surface area contributed by atoms with E-state index in [0.717, 1.165) is 36.5 Å². The Kier molecular flexibility index (Phi) is 5.28. The number of carbonyl (C=O) groups is 1. The van der Waals surface area contributed by atoms with Crippen molar-refractivity contribution in [3.05, 3.63) is 65.2 Å². The molecule has 3 aliphatic heterocycles. The van der Waals surface area contributed by atoms with E-state index in [1.54, 1.807) is 7.11 Å². The lowest BCUT2D eigenvalue weighted by Gasteiger charge is -2.55. The van der Waals surface area contributed by atoms with Gasteiger partial charge in [-0.15, -0.1) is 0 Å². The number of ether oxygens (including phenoxy) is 1. The van der Waals surface area contributed by atoms with E-state index in [1.165, 1.54) is 31.2 Å². The second kappa shape index (κ2) is 8.07. The summed E-state index contributed by atoms with van der Waals surface area (Å²) in [6, 6.07) is 17.8. The van der Waals surface area contributed by atoms with Gasteiger partial charge in [0, 0.05) is 37.3 Å². The van der Waals surface area contributed by atoms with Gasteiger partial charge in [-0.3, -0.25) is 9.69 Å². The van der Waals surface area contributed by atoms with Crippen molar-refractivity contribution < 1.29 is 9.53 Å². The van der Waals surface area contributed by atoms with E-state index >= 15 is 0 Å². The van der Waals surface area contributed by atoms with Crippen LogP contribution in [-0.4, -0.2) is 48.5 Å². The number of amides is 1. The molecule has 0 aromatic heterocycles. The average Bonchev–Trinajstić information content (AvgIpc) is 2.78. The number of rotatable bonds is 3. The van der Waals surface area contributed by atoms with Gasteiger partial charge in [0.25, 0.3) is 5.91 Å². The summed E-state index contributed by atoms with van der Waals surface area (Å²) in [5, 5.41) is 0. The predicted octanol–water partition coefficient (Wildman–Crippen LogP) is 4.69. The van der Waals surface area contributed by atoms with Gasteiger partial charge >= 0.3 is 0 Å². The fraction of sp³-hybridized carbons (Fsp3) is 0.500. The van der Waals surface area contributed by atoms with Gasteiger partial charge in [0.05, 0.1) is 7.11 Å². The SMILES string of the molecule is COc1ccc([C@H]2CCC[C@H]3[C@@H]4C[C@@H](CN(C(=O)c5ccccc5C)C4)CN23)cc1. The Balaban J connectivity index is 1.35. The molecular weight excluding hydrogens is 372 g/mol. The maximum atomic E-state index is 13.3. The minimum Gasteiger partial charge on any atom is -0.497 e. The average molecular weight is 405 g/mol. The molecule has 4 nitrogen and oxygen atoms in total. The molecule has 0 saturated carbocycles. The molecule has 2 aromatic carbocycles.